The normalized spacial score (nSPS) is 29.4. The van der Waals surface area contributed by atoms with Gasteiger partial charge in [0.15, 0.2) is 0 Å². The molecule has 2 N–H and O–H groups in total. The van der Waals surface area contributed by atoms with E-state index >= 15 is 0 Å². The molecule has 3 aliphatic heterocycles. The van der Waals surface area contributed by atoms with Crippen LogP contribution in [0.1, 0.15) is 12.8 Å². The van der Waals surface area contributed by atoms with Gasteiger partial charge in [0.25, 0.3) is 0 Å². The summed E-state index contributed by atoms with van der Waals surface area (Å²) in [5.41, 5.74) is 0.909. The molecule has 0 amide bonds. The molecule has 110 valence electrons. The molecule has 1 atom stereocenters. The number of hydrogen-bond acceptors (Lipinski definition) is 4. The first-order chi connectivity index (χ1) is 9.58. The highest BCUT2D eigenvalue weighted by atomic mass is 32.2. The third-order valence-electron chi connectivity index (χ3n) is 4.42. The molecule has 3 heterocycles. The Morgan fingerprint density at radius 1 is 1.15 bits per heavy atom. The highest BCUT2D eigenvalue weighted by molar-refractivity contribution is 7.89. The first kappa shape index (κ1) is 13.9. The first-order valence-corrected chi connectivity index (χ1v) is 8.59. The van der Waals surface area contributed by atoms with Crippen LogP contribution in [0.25, 0.3) is 0 Å². The Morgan fingerprint density at radius 3 is 2.30 bits per heavy atom. The molecule has 0 aromatic heterocycles. The maximum Gasteiger partial charge on any atom is 0.240 e. The van der Waals surface area contributed by atoms with E-state index in [1.54, 1.807) is 24.3 Å². The van der Waals surface area contributed by atoms with Crippen molar-refractivity contribution < 1.29 is 8.42 Å². The lowest BCUT2D eigenvalue weighted by Gasteiger charge is -2.44. The van der Waals surface area contributed by atoms with Crippen LogP contribution in [0.2, 0.25) is 0 Å². The zero-order valence-corrected chi connectivity index (χ0v) is 12.5. The summed E-state index contributed by atoms with van der Waals surface area (Å²) in [6.45, 7) is 3.07. The third kappa shape index (κ3) is 2.68. The van der Waals surface area contributed by atoms with Crippen LogP contribution >= 0.6 is 0 Å². The van der Waals surface area contributed by atoms with Gasteiger partial charge in [-0.05, 0) is 56.1 Å². The number of piperidine rings is 3. The molecule has 3 fully saturated rings. The minimum atomic E-state index is -3.41. The van der Waals surface area contributed by atoms with E-state index in [0.29, 0.717) is 10.8 Å². The standard InChI is InChI=1S/C14H21N3O2S/c1-15-12-2-4-13(5-3-12)20(18,19)16-14-10-17-8-6-11(14)7-9-17/h2-5,11,14-16H,6-10H2,1H3. The van der Waals surface area contributed by atoms with Crippen LogP contribution in [-0.2, 0) is 10.0 Å². The summed E-state index contributed by atoms with van der Waals surface area (Å²) in [5.74, 6) is 0.492. The molecule has 6 heteroatoms. The van der Waals surface area contributed by atoms with Crippen LogP contribution in [0.15, 0.2) is 29.2 Å². The van der Waals surface area contributed by atoms with Gasteiger partial charge in [-0.25, -0.2) is 13.1 Å². The number of rotatable bonds is 4. The van der Waals surface area contributed by atoms with Gasteiger partial charge >= 0.3 is 0 Å². The molecule has 2 bridgehead atoms. The number of fused-ring (bicyclic) bond motifs is 3. The minimum Gasteiger partial charge on any atom is -0.388 e. The molecule has 20 heavy (non-hydrogen) atoms. The van der Waals surface area contributed by atoms with Crippen molar-refractivity contribution in [3.63, 3.8) is 0 Å². The molecule has 0 radical (unpaired) electrons. The van der Waals surface area contributed by atoms with Crippen LogP contribution in [0.3, 0.4) is 0 Å². The smallest absolute Gasteiger partial charge is 0.240 e. The fraction of sp³-hybridized carbons (Fsp3) is 0.571. The Hall–Kier alpha value is -1.11. The van der Waals surface area contributed by atoms with Crippen molar-refractivity contribution in [2.45, 2.75) is 23.8 Å². The van der Waals surface area contributed by atoms with Crippen LogP contribution in [0.5, 0.6) is 0 Å². The Morgan fingerprint density at radius 2 is 1.80 bits per heavy atom. The van der Waals surface area contributed by atoms with Crippen molar-refractivity contribution in [1.29, 1.82) is 0 Å². The molecule has 1 unspecified atom stereocenters. The summed E-state index contributed by atoms with van der Waals surface area (Å²) in [5, 5.41) is 2.99. The van der Waals surface area contributed by atoms with Gasteiger partial charge in [0, 0.05) is 25.3 Å². The van der Waals surface area contributed by atoms with E-state index in [9.17, 15) is 8.42 Å². The molecule has 1 aromatic carbocycles. The van der Waals surface area contributed by atoms with Crippen molar-refractivity contribution in [3.8, 4) is 0 Å². The van der Waals surface area contributed by atoms with Gasteiger partial charge in [0.2, 0.25) is 10.0 Å². The van der Waals surface area contributed by atoms with Gasteiger partial charge in [-0.1, -0.05) is 0 Å². The van der Waals surface area contributed by atoms with E-state index in [2.05, 4.69) is 14.9 Å². The van der Waals surface area contributed by atoms with Crippen molar-refractivity contribution >= 4 is 15.7 Å². The summed E-state index contributed by atoms with van der Waals surface area (Å²) < 4.78 is 27.7. The number of nitrogens with one attached hydrogen (secondary N) is 2. The van der Waals surface area contributed by atoms with Crippen LogP contribution in [-0.4, -0.2) is 46.0 Å². The fourth-order valence-corrected chi connectivity index (χ4v) is 4.46. The van der Waals surface area contributed by atoms with Gasteiger partial charge in [-0.15, -0.1) is 0 Å². The molecular formula is C14H21N3O2S. The van der Waals surface area contributed by atoms with Gasteiger partial charge < -0.3 is 10.2 Å². The number of hydrogen-bond donors (Lipinski definition) is 2. The molecule has 3 saturated heterocycles. The van der Waals surface area contributed by atoms with Gasteiger partial charge in [-0.3, -0.25) is 0 Å². The molecule has 0 saturated carbocycles. The molecule has 0 aliphatic carbocycles. The zero-order valence-electron chi connectivity index (χ0n) is 11.7. The number of anilines is 1. The molecule has 0 spiro atoms. The maximum absolute atomic E-state index is 12.4. The average molecular weight is 295 g/mol. The second kappa shape index (κ2) is 5.35. The lowest BCUT2D eigenvalue weighted by molar-refractivity contribution is 0.0827. The predicted molar refractivity (Wildman–Crippen MR) is 79.3 cm³/mol. The lowest BCUT2D eigenvalue weighted by Crippen LogP contribution is -2.57. The second-order valence-electron chi connectivity index (χ2n) is 5.64. The second-order valence-corrected chi connectivity index (χ2v) is 7.35. The molecule has 4 rings (SSSR count). The summed E-state index contributed by atoms with van der Waals surface area (Å²) in [4.78, 5) is 2.69. The summed E-state index contributed by atoms with van der Waals surface area (Å²) >= 11 is 0. The summed E-state index contributed by atoms with van der Waals surface area (Å²) in [7, 11) is -1.60. The Balaban J connectivity index is 1.74. The largest absolute Gasteiger partial charge is 0.388 e. The topological polar surface area (TPSA) is 61.4 Å². The van der Waals surface area contributed by atoms with Crippen LogP contribution < -0.4 is 10.0 Å². The first-order valence-electron chi connectivity index (χ1n) is 7.11. The minimum absolute atomic E-state index is 0.0616. The molecule has 1 aromatic rings. The van der Waals surface area contributed by atoms with E-state index in [1.165, 1.54) is 0 Å². The van der Waals surface area contributed by atoms with E-state index in [-0.39, 0.29) is 6.04 Å². The average Bonchev–Trinajstić information content (AvgIpc) is 2.48. The third-order valence-corrected chi connectivity index (χ3v) is 5.92. The SMILES string of the molecule is CNc1ccc(S(=O)(=O)NC2CN3CCC2CC3)cc1. The van der Waals surface area contributed by atoms with Crippen molar-refractivity contribution in [3.05, 3.63) is 24.3 Å². The number of benzene rings is 1. The Kier molecular flexibility index (Phi) is 3.70. The predicted octanol–water partition coefficient (Wildman–Crippen LogP) is 1.10. The molecule has 3 aliphatic rings. The number of nitrogens with zero attached hydrogens (tertiary/aromatic N) is 1. The fourth-order valence-electron chi connectivity index (χ4n) is 3.17. The van der Waals surface area contributed by atoms with E-state index in [1.807, 2.05) is 7.05 Å². The summed E-state index contributed by atoms with van der Waals surface area (Å²) in [6.07, 6.45) is 2.21. The quantitative estimate of drug-likeness (QED) is 0.873. The van der Waals surface area contributed by atoms with Gasteiger partial charge in [0.1, 0.15) is 0 Å². The maximum atomic E-state index is 12.4. The van der Waals surface area contributed by atoms with Crippen molar-refractivity contribution in [2.24, 2.45) is 5.92 Å². The zero-order chi connectivity index (χ0) is 14.2. The molecular weight excluding hydrogens is 274 g/mol. The van der Waals surface area contributed by atoms with Crippen LogP contribution in [0.4, 0.5) is 5.69 Å². The highest BCUT2D eigenvalue weighted by Crippen LogP contribution is 2.28. The van der Waals surface area contributed by atoms with E-state index in [4.69, 9.17) is 0 Å². The highest BCUT2D eigenvalue weighted by Gasteiger charge is 2.36. The van der Waals surface area contributed by atoms with Gasteiger partial charge in [-0.2, -0.15) is 0 Å². The van der Waals surface area contributed by atoms with E-state index < -0.39 is 10.0 Å². The van der Waals surface area contributed by atoms with Crippen LogP contribution in [0, 0.1) is 5.92 Å². The van der Waals surface area contributed by atoms with E-state index in [0.717, 1.165) is 38.2 Å². The lowest BCUT2D eigenvalue weighted by atomic mass is 9.85. The number of sulfonamides is 1. The summed E-state index contributed by atoms with van der Waals surface area (Å²) in [6, 6.07) is 6.92. The Labute approximate surface area is 120 Å². The van der Waals surface area contributed by atoms with Gasteiger partial charge in [0.05, 0.1) is 4.90 Å². The van der Waals surface area contributed by atoms with Crippen molar-refractivity contribution in [1.82, 2.24) is 9.62 Å². The monoisotopic (exact) mass is 295 g/mol. The van der Waals surface area contributed by atoms with Crippen molar-refractivity contribution in [2.75, 3.05) is 32.0 Å². The molecule has 5 nitrogen and oxygen atoms in total. The Bertz CT molecular complexity index is 563.